The first-order valence-electron chi connectivity index (χ1n) is 9.01. The van der Waals surface area contributed by atoms with E-state index in [9.17, 15) is 14.7 Å². The normalized spacial score (nSPS) is 11.5. The molecule has 0 unspecified atom stereocenters. The van der Waals surface area contributed by atoms with E-state index < -0.39 is 11.9 Å². The summed E-state index contributed by atoms with van der Waals surface area (Å²) in [5.74, 6) is -1.64. The largest absolute Gasteiger partial charge is 0.478 e. The zero-order valence-electron chi connectivity index (χ0n) is 16.0. The first-order chi connectivity index (χ1) is 14.4. The monoisotopic (exact) mass is 419 g/mol. The number of carbonyl (C=O) groups excluding carboxylic acids is 1. The number of carboxylic acids is 1. The average Bonchev–Trinajstić information content (AvgIpc) is 2.75. The fraction of sp³-hybridized carbons (Fsp3) is 0.0435. The minimum Gasteiger partial charge on any atom is -0.478 e. The third-order valence-corrected chi connectivity index (χ3v) is 4.50. The van der Waals surface area contributed by atoms with Crippen LogP contribution < -0.4 is 5.32 Å². The minimum atomic E-state index is -1.15. The van der Waals surface area contributed by atoms with Crippen LogP contribution in [0, 0.1) is 0 Å². The van der Waals surface area contributed by atoms with Crippen molar-refractivity contribution in [3.8, 4) is 0 Å². The lowest BCUT2D eigenvalue weighted by atomic mass is 10.1. The van der Waals surface area contributed by atoms with Crippen LogP contribution in [0.4, 0.5) is 5.69 Å². The molecule has 0 atom stereocenters. The van der Waals surface area contributed by atoms with Gasteiger partial charge in [-0.15, -0.1) is 0 Å². The number of nitrogens with one attached hydrogen (secondary N) is 1. The fourth-order valence-corrected chi connectivity index (χ4v) is 2.78. The Kier molecular flexibility index (Phi) is 6.72. The number of carboxylic acid groups (broad SMARTS) is 1. The number of hydrogen-bond donors (Lipinski definition) is 2. The van der Waals surface area contributed by atoms with Gasteiger partial charge in [0, 0.05) is 10.7 Å². The Morgan fingerprint density at radius 2 is 1.57 bits per heavy atom. The van der Waals surface area contributed by atoms with Gasteiger partial charge in [0.25, 0.3) is 5.91 Å². The summed E-state index contributed by atoms with van der Waals surface area (Å²) >= 11 is 5.85. The second kappa shape index (κ2) is 9.62. The molecule has 0 radical (unpaired) electrons. The van der Waals surface area contributed by atoms with Gasteiger partial charge >= 0.3 is 5.97 Å². The van der Waals surface area contributed by atoms with Gasteiger partial charge in [0.1, 0.15) is 0 Å². The quantitative estimate of drug-likeness (QED) is 0.428. The van der Waals surface area contributed by atoms with E-state index in [1.54, 1.807) is 54.7 Å². The van der Waals surface area contributed by atoms with Gasteiger partial charge in [0.05, 0.1) is 23.1 Å². The summed E-state index contributed by atoms with van der Waals surface area (Å²) in [5.41, 5.74) is 3.02. The maximum Gasteiger partial charge on any atom is 0.336 e. The lowest BCUT2D eigenvalue weighted by Crippen LogP contribution is -2.16. The highest BCUT2D eigenvalue weighted by atomic mass is 35.5. The number of rotatable bonds is 6. The Balaban J connectivity index is 1.68. The molecule has 2 N–H and O–H groups in total. The van der Waals surface area contributed by atoms with Gasteiger partial charge in [0.15, 0.2) is 0 Å². The van der Waals surface area contributed by atoms with Gasteiger partial charge < -0.3 is 10.4 Å². The van der Waals surface area contributed by atoms with Gasteiger partial charge in [-0.3, -0.25) is 4.79 Å². The van der Waals surface area contributed by atoms with Crippen LogP contribution in [0.5, 0.6) is 0 Å². The molecule has 0 aliphatic heterocycles. The van der Waals surface area contributed by atoms with Crippen LogP contribution in [0.2, 0.25) is 5.02 Å². The van der Waals surface area contributed by atoms with Crippen LogP contribution in [-0.2, 0) is 0 Å². The first-order valence-corrected chi connectivity index (χ1v) is 9.39. The summed E-state index contributed by atoms with van der Waals surface area (Å²) in [6, 6.07) is 20.4. The van der Waals surface area contributed by atoms with Crippen molar-refractivity contribution in [2.75, 3.05) is 5.32 Å². The second-order valence-corrected chi connectivity index (χ2v) is 6.80. The molecule has 0 aliphatic carbocycles. The Labute approximate surface area is 178 Å². The van der Waals surface area contributed by atoms with E-state index in [4.69, 9.17) is 11.6 Å². The van der Waals surface area contributed by atoms with Crippen molar-refractivity contribution in [1.82, 2.24) is 0 Å². The number of benzene rings is 3. The molecule has 0 aliphatic rings. The molecular formula is C23H18ClN3O3. The number of anilines is 1. The van der Waals surface area contributed by atoms with Crippen LogP contribution in [0.15, 0.2) is 83.0 Å². The Hall–Kier alpha value is -3.77. The van der Waals surface area contributed by atoms with Crippen LogP contribution in [0.25, 0.3) is 0 Å². The first kappa shape index (κ1) is 21.0. The molecule has 0 saturated carbocycles. The van der Waals surface area contributed by atoms with E-state index in [0.717, 1.165) is 11.1 Å². The molecule has 0 heterocycles. The van der Waals surface area contributed by atoms with E-state index in [1.807, 2.05) is 19.1 Å². The molecule has 30 heavy (non-hydrogen) atoms. The van der Waals surface area contributed by atoms with E-state index in [1.165, 1.54) is 12.1 Å². The van der Waals surface area contributed by atoms with Crippen molar-refractivity contribution in [2.24, 2.45) is 10.2 Å². The molecule has 0 bridgehead atoms. The summed E-state index contributed by atoms with van der Waals surface area (Å²) in [4.78, 5) is 23.7. The molecule has 0 aromatic heterocycles. The van der Waals surface area contributed by atoms with Crippen molar-refractivity contribution in [3.05, 3.63) is 100 Å². The van der Waals surface area contributed by atoms with E-state index in [-0.39, 0.29) is 11.1 Å². The summed E-state index contributed by atoms with van der Waals surface area (Å²) in [7, 11) is 0. The van der Waals surface area contributed by atoms with Crippen molar-refractivity contribution in [1.29, 1.82) is 0 Å². The highest BCUT2D eigenvalue weighted by molar-refractivity contribution is 6.30. The molecule has 1 amide bonds. The number of nitrogens with zero attached hydrogens (tertiary/aromatic N) is 2. The lowest BCUT2D eigenvalue weighted by Gasteiger charge is -2.08. The van der Waals surface area contributed by atoms with Gasteiger partial charge in [0.2, 0.25) is 0 Å². The van der Waals surface area contributed by atoms with Crippen molar-refractivity contribution >= 4 is 41.1 Å². The second-order valence-electron chi connectivity index (χ2n) is 6.36. The Morgan fingerprint density at radius 3 is 2.20 bits per heavy atom. The molecule has 150 valence electrons. The van der Waals surface area contributed by atoms with Crippen LogP contribution >= 0.6 is 11.6 Å². The molecule has 0 spiro atoms. The number of amides is 1. The Morgan fingerprint density at radius 1 is 0.933 bits per heavy atom. The molecule has 7 heteroatoms. The summed E-state index contributed by atoms with van der Waals surface area (Å²) < 4.78 is 0. The topological polar surface area (TPSA) is 91.1 Å². The zero-order chi connectivity index (χ0) is 21.5. The van der Waals surface area contributed by atoms with E-state index in [2.05, 4.69) is 15.5 Å². The van der Waals surface area contributed by atoms with Gasteiger partial charge in [-0.2, -0.15) is 10.2 Å². The van der Waals surface area contributed by atoms with Crippen molar-refractivity contribution in [3.63, 3.8) is 0 Å². The number of hydrogen-bond acceptors (Lipinski definition) is 4. The third kappa shape index (κ3) is 5.40. The van der Waals surface area contributed by atoms with Gasteiger partial charge in [-0.05, 0) is 54.4 Å². The molecule has 3 aromatic carbocycles. The minimum absolute atomic E-state index is 0.0480. The maximum absolute atomic E-state index is 12.4. The molecule has 3 rings (SSSR count). The summed E-state index contributed by atoms with van der Waals surface area (Å²) in [6.45, 7) is 1.83. The summed E-state index contributed by atoms with van der Waals surface area (Å²) in [6.07, 6.45) is 1.63. The summed E-state index contributed by atoms with van der Waals surface area (Å²) in [5, 5.41) is 20.8. The van der Waals surface area contributed by atoms with Gasteiger partial charge in [-0.25, -0.2) is 4.79 Å². The van der Waals surface area contributed by atoms with Crippen molar-refractivity contribution in [2.45, 2.75) is 6.92 Å². The fourth-order valence-electron chi connectivity index (χ4n) is 2.65. The van der Waals surface area contributed by atoms with Crippen LogP contribution in [-0.4, -0.2) is 28.9 Å². The number of aromatic carboxylic acids is 1. The Bertz CT molecular complexity index is 1120. The molecule has 0 saturated heterocycles. The highest BCUT2D eigenvalue weighted by Gasteiger charge is 2.15. The average molecular weight is 420 g/mol. The predicted molar refractivity (Wildman–Crippen MR) is 119 cm³/mol. The number of carbonyl (C=O) groups is 2. The van der Waals surface area contributed by atoms with Crippen molar-refractivity contribution < 1.29 is 14.7 Å². The number of halogens is 1. The lowest BCUT2D eigenvalue weighted by molar-refractivity contribution is 0.0692. The SMILES string of the molecule is C/C(=N\N=C\c1ccc(Cl)cc1)c1ccc(NC(=O)c2ccccc2C(=O)O)cc1. The standard InChI is InChI=1S/C23H18ClN3O3/c1-15(27-25-14-16-6-10-18(24)11-7-16)17-8-12-19(13-9-17)26-22(28)20-4-2-3-5-21(20)23(29)30/h2-14H,1H3,(H,26,28)(H,29,30)/b25-14+,27-15+. The predicted octanol–water partition coefficient (Wildman–Crippen LogP) is 5.13. The van der Waals surface area contributed by atoms with E-state index in [0.29, 0.717) is 16.4 Å². The highest BCUT2D eigenvalue weighted by Crippen LogP contribution is 2.15. The van der Waals surface area contributed by atoms with Crippen LogP contribution in [0.1, 0.15) is 38.8 Å². The van der Waals surface area contributed by atoms with Crippen LogP contribution in [0.3, 0.4) is 0 Å². The molecule has 3 aromatic rings. The van der Waals surface area contributed by atoms with Gasteiger partial charge in [-0.1, -0.05) is 48.0 Å². The smallest absolute Gasteiger partial charge is 0.336 e. The zero-order valence-corrected chi connectivity index (χ0v) is 16.8. The van der Waals surface area contributed by atoms with E-state index >= 15 is 0 Å². The molecule has 6 nitrogen and oxygen atoms in total. The molecule has 0 fully saturated rings. The third-order valence-electron chi connectivity index (χ3n) is 4.25. The maximum atomic E-state index is 12.4. The molecular weight excluding hydrogens is 402 g/mol.